The Labute approximate surface area is 174 Å². The van der Waals surface area contributed by atoms with Gasteiger partial charge in [-0.15, -0.1) is 0 Å². The average molecular weight is 401 g/mol. The van der Waals surface area contributed by atoms with Crippen LogP contribution < -0.4 is 0 Å². The molecule has 6 saturated carbocycles. The van der Waals surface area contributed by atoms with Gasteiger partial charge >= 0.3 is 11.9 Å². The molecule has 0 amide bonds. The van der Waals surface area contributed by atoms with Crippen LogP contribution in [0.25, 0.3) is 0 Å². The highest BCUT2D eigenvalue weighted by atomic mass is 16.5. The first-order chi connectivity index (χ1) is 14.0. The maximum absolute atomic E-state index is 12.3. The van der Waals surface area contributed by atoms with E-state index in [-0.39, 0.29) is 29.2 Å². The van der Waals surface area contributed by atoms with E-state index in [0.29, 0.717) is 35.9 Å². The van der Waals surface area contributed by atoms with Crippen LogP contribution in [0.15, 0.2) is 0 Å². The maximum Gasteiger partial charge on any atom is 0.308 e. The predicted octanol–water partition coefficient (Wildman–Crippen LogP) is 5.04. The first-order valence-corrected chi connectivity index (χ1v) is 12.3. The van der Waals surface area contributed by atoms with Gasteiger partial charge in [0.05, 0.1) is 25.0 Å². The van der Waals surface area contributed by atoms with Crippen molar-refractivity contribution >= 4 is 11.9 Å². The standard InChI is InChI=1S/C25H36O4/c26-21(28-15-17-7-23(8-17)3-1-4-23)19-11-25(12-19)13-20(14-25)22(27)29-16-18-9-24(10-18)5-2-6-24/h17-20H,1-16H2. The van der Waals surface area contributed by atoms with Crippen LogP contribution in [0, 0.1) is 39.9 Å². The second-order valence-corrected chi connectivity index (χ2v) is 12.2. The summed E-state index contributed by atoms with van der Waals surface area (Å²) in [5.41, 5.74) is 1.56. The molecule has 0 radical (unpaired) electrons. The van der Waals surface area contributed by atoms with Gasteiger partial charge in [0.1, 0.15) is 0 Å². The smallest absolute Gasteiger partial charge is 0.308 e. The van der Waals surface area contributed by atoms with Gasteiger partial charge in [-0.25, -0.2) is 0 Å². The van der Waals surface area contributed by atoms with E-state index in [0.717, 1.165) is 25.7 Å². The van der Waals surface area contributed by atoms with E-state index in [1.807, 2.05) is 0 Å². The van der Waals surface area contributed by atoms with Gasteiger partial charge in [-0.05, 0) is 105 Å². The second-order valence-electron chi connectivity index (χ2n) is 12.2. The fraction of sp³-hybridized carbons (Fsp3) is 0.920. The Bertz CT molecular complexity index is 612. The Morgan fingerprint density at radius 1 is 0.586 bits per heavy atom. The number of carbonyl (C=O) groups excluding carboxylic acids is 2. The van der Waals surface area contributed by atoms with Crippen molar-refractivity contribution in [3.8, 4) is 0 Å². The van der Waals surface area contributed by atoms with Gasteiger partial charge in [0.15, 0.2) is 0 Å². The van der Waals surface area contributed by atoms with Crippen molar-refractivity contribution in [3.63, 3.8) is 0 Å². The molecule has 29 heavy (non-hydrogen) atoms. The number of hydrogen-bond acceptors (Lipinski definition) is 4. The third-order valence-corrected chi connectivity index (χ3v) is 10.0. The number of ether oxygens (including phenoxy) is 2. The van der Waals surface area contributed by atoms with Crippen LogP contribution in [0.1, 0.15) is 89.9 Å². The van der Waals surface area contributed by atoms with Crippen molar-refractivity contribution in [2.24, 2.45) is 39.9 Å². The van der Waals surface area contributed by atoms with Gasteiger partial charge < -0.3 is 9.47 Å². The lowest BCUT2D eigenvalue weighted by atomic mass is 9.48. The molecular formula is C25H36O4. The van der Waals surface area contributed by atoms with E-state index in [4.69, 9.17) is 9.47 Å². The summed E-state index contributed by atoms with van der Waals surface area (Å²) in [5, 5.41) is 0. The molecule has 6 aliphatic carbocycles. The molecule has 0 unspecified atom stereocenters. The van der Waals surface area contributed by atoms with Crippen LogP contribution in [0.2, 0.25) is 0 Å². The molecule has 0 heterocycles. The zero-order chi connectivity index (χ0) is 19.7. The summed E-state index contributed by atoms with van der Waals surface area (Å²) in [5.74, 6) is 1.44. The minimum absolute atomic E-state index is 0.0196. The molecule has 0 N–H and O–H groups in total. The molecule has 6 fully saturated rings. The van der Waals surface area contributed by atoms with E-state index in [9.17, 15) is 9.59 Å². The molecule has 4 nitrogen and oxygen atoms in total. The lowest BCUT2D eigenvalue weighted by Gasteiger charge is -2.56. The fourth-order valence-electron chi connectivity index (χ4n) is 8.01. The van der Waals surface area contributed by atoms with E-state index >= 15 is 0 Å². The van der Waals surface area contributed by atoms with Crippen LogP contribution in [0.5, 0.6) is 0 Å². The lowest BCUT2D eigenvalue weighted by molar-refractivity contribution is -0.179. The van der Waals surface area contributed by atoms with Crippen molar-refractivity contribution in [2.75, 3.05) is 13.2 Å². The van der Waals surface area contributed by atoms with Gasteiger partial charge in [0, 0.05) is 0 Å². The number of rotatable bonds is 6. The Morgan fingerprint density at radius 2 is 0.966 bits per heavy atom. The van der Waals surface area contributed by atoms with Gasteiger partial charge in [-0.1, -0.05) is 12.8 Å². The van der Waals surface area contributed by atoms with Crippen molar-refractivity contribution in [3.05, 3.63) is 0 Å². The molecule has 160 valence electrons. The topological polar surface area (TPSA) is 52.6 Å². The van der Waals surface area contributed by atoms with Gasteiger partial charge in [-0.2, -0.15) is 0 Å². The number of hydrogen-bond donors (Lipinski definition) is 0. The molecular weight excluding hydrogens is 364 g/mol. The van der Waals surface area contributed by atoms with Crippen LogP contribution in [0.4, 0.5) is 0 Å². The average Bonchev–Trinajstić information content (AvgIpc) is 2.46. The molecule has 0 aromatic rings. The highest BCUT2D eigenvalue weighted by Crippen LogP contribution is 2.62. The van der Waals surface area contributed by atoms with E-state index < -0.39 is 0 Å². The van der Waals surface area contributed by atoms with Crippen LogP contribution in [0.3, 0.4) is 0 Å². The highest BCUT2D eigenvalue weighted by Gasteiger charge is 2.58. The molecule has 0 aromatic carbocycles. The first kappa shape index (κ1) is 18.7. The Hall–Kier alpha value is -1.06. The van der Waals surface area contributed by atoms with Crippen molar-refractivity contribution < 1.29 is 19.1 Å². The number of esters is 2. The van der Waals surface area contributed by atoms with Gasteiger partial charge in [0.25, 0.3) is 0 Å². The van der Waals surface area contributed by atoms with Crippen molar-refractivity contribution in [2.45, 2.75) is 89.9 Å². The van der Waals surface area contributed by atoms with Gasteiger partial charge in [-0.3, -0.25) is 9.59 Å². The molecule has 6 aliphatic rings. The Kier molecular flexibility index (Phi) is 4.17. The third kappa shape index (κ3) is 3.15. The van der Waals surface area contributed by atoms with Crippen LogP contribution >= 0.6 is 0 Å². The molecule has 0 atom stereocenters. The third-order valence-electron chi connectivity index (χ3n) is 10.0. The summed E-state index contributed by atoms with van der Waals surface area (Å²) in [4.78, 5) is 24.7. The molecule has 0 saturated heterocycles. The molecule has 0 aromatic heterocycles. The monoisotopic (exact) mass is 400 g/mol. The van der Waals surface area contributed by atoms with Crippen LogP contribution in [-0.4, -0.2) is 25.2 Å². The SMILES string of the molecule is O=C(OCC1CC2(CCC2)C1)C1CC2(C1)CC(C(=O)OCC1CC3(CCC3)C1)C2. The zero-order valence-electron chi connectivity index (χ0n) is 17.8. The summed E-state index contributed by atoms with van der Waals surface area (Å²) in [6.45, 7) is 1.28. The molecule has 3 spiro atoms. The van der Waals surface area contributed by atoms with E-state index in [1.54, 1.807) is 0 Å². The molecule has 4 heteroatoms. The van der Waals surface area contributed by atoms with E-state index in [1.165, 1.54) is 64.2 Å². The zero-order valence-corrected chi connectivity index (χ0v) is 17.8. The summed E-state index contributed by atoms with van der Waals surface area (Å²) in [6.07, 6.45) is 17.2. The molecule has 6 rings (SSSR count). The predicted molar refractivity (Wildman–Crippen MR) is 108 cm³/mol. The summed E-state index contributed by atoms with van der Waals surface area (Å²) < 4.78 is 11.3. The normalized spacial score (nSPS) is 40.6. The second kappa shape index (κ2) is 6.47. The van der Waals surface area contributed by atoms with Gasteiger partial charge in [0.2, 0.25) is 0 Å². The number of carbonyl (C=O) groups is 2. The van der Waals surface area contributed by atoms with Crippen molar-refractivity contribution in [1.82, 2.24) is 0 Å². The Balaban J connectivity index is 0.853. The maximum atomic E-state index is 12.3. The summed E-state index contributed by atoms with van der Waals surface area (Å²) >= 11 is 0. The summed E-state index contributed by atoms with van der Waals surface area (Å²) in [7, 11) is 0. The molecule has 0 bridgehead atoms. The molecule has 0 aliphatic heterocycles. The van der Waals surface area contributed by atoms with Crippen LogP contribution in [-0.2, 0) is 19.1 Å². The minimum atomic E-state index is 0.0196. The highest BCUT2D eigenvalue weighted by molar-refractivity contribution is 5.76. The largest absolute Gasteiger partial charge is 0.465 e. The fourth-order valence-corrected chi connectivity index (χ4v) is 8.01. The Morgan fingerprint density at radius 3 is 1.28 bits per heavy atom. The first-order valence-electron chi connectivity index (χ1n) is 12.3. The lowest BCUT2D eigenvalue weighted by Crippen LogP contribution is -2.53. The van der Waals surface area contributed by atoms with E-state index in [2.05, 4.69) is 0 Å². The summed E-state index contributed by atoms with van der Waals surface area (Å²) in [6, 6.07) is 0. The minimum Gasteiger partial charge on any atom is -0.465 e. The quantitative estimate of drug-likeness (QED) is 0.586. The van der Waals surface area contributed by atoms with Crippen molar-refractivity contribution in [1.29, 1.82) is 0 Å².